The van der Waals surface area contributed by atoms with E-state index in [2.05, 4.69) is 36.1 Å². The predicted octanol–water partition coefficient (Wildman–Crippen LogP) is 4.37. The number of hydrogen-bond acceptors (Lipinski definition) is 8. The number of aryl methyl sites for hydroxylation is 1. The van der Waals surface area contributed by atoms with Crippen molar-refractivity contribution in [2.45, 2.75) is 32.6 Å². The lowest BCUT2D eigenvalue weighted by molar-refractivity contribution is 0.0302. The molecule has 0 spiro atoms. The highest BCUT2D eigenvalue weighted by molar-refractivity contribution is 6.11. The molecule has 1 fully saturated rings. The van der Waals surface area contributed by atoms with Crippen LogP contribution >= 0.6 is 0 Å². The second kappa shape index (κ2) is 12.3. The Balaban J connectivity index is 1.29. The standard InChI is InChI=1S/C35H36N6O5/c1-35(2,3)30-17-22-10-11-41(33(44)26(22)19-36-30)29-7-5-6-25(27(29)21-42)24-16-28(34(45)39(4)20-24)38-31-9-8-23(18-37-31)32(43)40-12-14-46-15-13-40/h5-9,16-21H,10-15H2,1-4H3,(H,37,38). The van der Waals surface area contributed by atoms with Crippen LogP contribution in [0.3, 0.4) is 0 Å². The van der Waals surface area contributed by atoms with Crippen molar-refractivity contribution in [3.63, 3.8) is 0 Å². The fraction of sp³-hybridized carbons (Fsp3) is 0.314. The second-order valence-corrected chi connectivity index (χ2v) is 12.6. The Hall–Kier alpha value is -5.16. The molecule has 11 heteroatoms. The monoisotopic (exact) mass is 620 g/mol. The number of hydrogen-bond donors (Lipinski definition) is 1. The molecule has 0 unspecified atom stereocenters. The smallest absolute Gasteiger partial charge is 0.274 e. The number of morpholine rings is 1. The van der Waals surface area contributed by atoms with Crippen LogP contribution in [0.25, 0.3) is 11.1 Å². The number of carbonyl (C=O) groups excluding carboxylic acids is 3. The third-order valence-corrected chi connectivity index (χ3v) is 8.40. The molecule has 0 radical (unpaired) electrons. The van der Waals surface area contributed by atoms with E-state index in [9.17, 15) is 19.2 Å². The van der Waals surface area contributed by atoms with Gasteiger partial charge in [-0.05, 0) is 47.9 Å². The molecule has 0 atom stereocenters. The molecule has 236 valence electrons. The van der Waals surface area contributed by atoms with E-state index in [1.54, 1.807) is 65.6 Å². The van der Waals surface area contributed by atoms with E-state index in [4.69, 9.17) is 4.74 Å². The molecule has 2 aliphatic rings. The Bertz CT molecular complexity index is 1890. The summed E-state index contributed by atoms with van der Waals surface area (Å²) in [5, 5.41) is 3.07. The highest BCUT2D eigenvalue weighted by atomic mass is 16.5. The molecule has 11 nitrogen and oxygen atoms in total. The molecule has 46 heavy (non-hydrogen) atoms. The van der Waals surface area contributed by atoms with Gasteiger partial charge in [-0.25, -0.2) is 4.98 Å². The van der Waals surface area contributed by atoms with E-state index in [0.717, 1.165) is 17.5 Å². The number of ether oxygens (including phenoxy) is 1. The van der Waals surface area contributed by atoms with Crippen LogP contribution in [0.15, 0.2) is 65.8 Å². The summed E-state index contributed by atoms with van der Waals surface area (Å²) < 4.78 is 6.75. The average Bonchev–Trinajstić information content (AvgIpc) is 3.06. The third kappa shape index (κ3) is 5.93. The van der Waals surface area contributed by atoms with Crippen molar-refractivity contribution in [3.8, 4) is 11.1 Å². The normalized spacial score (nSPS) is 15.0. The Morgan fingerprint density at radius 2 is 1.76 bits per heavy atom. The van der Waals surface area contributed by atoms with E-state index in [0.29, 0.717) is 78.6 Å². The molecule has 0 saturated carbocycles. The fourth-order valence-electron chi connectivity index (χ4n) is 5.81. The molecule has 3 aromatic heterocycles. The van der Waals surface area contributed by atoms with Gasteiger partial charge >= 0.3 is 0 Å². The van der Waals surface area contributed by atoms with Gasteiger partial charge in [0.15, 0.2) is 6.29 Å². The Morgan fingerprint density at radius 3 is 2.46 bits per heavy atom. The third-order valence-electron chi connectivity index (χ3n) is 8.40. The van der Waals surface area contributed by atoms with Crippen LogP contribution in [-0.2, 0) is 23.6 Å². The number of pyridine rings is 3. The maximum absolute atomic E-state index is 13.7. The van der Waals surface area contributed by atoms with Crippen molar-refractivity contribution in [3.05, 3.63) is 99.4 Å². The van der Waals surface area contributed by atoms with E-state index in [1.807, 2.05) is 6.07 Å². The van der Waals surface area contributed by atoms with E-state index < -0.39 is 0 Å². The molecule has 5 heterocycles. The molecule has 1 saturated heterocycles. The first-order chi connectivity index (χ1) is 22.0. The zero-order valence-corrected chi connectivity index (χ0v) is 26.4. The van der Waals surface area contributed by atoms with Crippen LogP contribution in [0.5, 0.6) is 0 Å². The summed E-state index contributed by atoms with van der Waals surface area (Å²) in [6.45, 7) is 8.74. The number of amides is 2. The summed E-state index contributed by atoms with van der Waals surface area (Å²) in [6, 6.07) is 12.3. The summed E-state index contributed by atoms with van der Waals surface area (Å²) in [5.41, 5.74) is 4.67. The first kappa shape index (κ1) is 30.8. The zero-order chi connectivity index (χ0) is 32.6. The number of aldehydes is 1. The second-order valence-electron chi connectivity index (χ2n) is 12.6. The van der Waals surface area contributed by atoms with Gasteiger partial charge in [-0.3, -0.25) is 24.2 Å². The van der Waals surface area contributed by atoms with Crippen molar-refractivity contribution in [1.29, 1.82) is 0 Å². The summed E-state index contributed by atoms with van der Waals surface area (Å²) in [6.07, 6.45) is 6.16. The van der Waals surface area contributed by atoms with E-state index >= 15 is 0 Å². The molecule has 1 N–H and O–H groups in total. The zero-order valence-electron chi connectivity index (χ0n) is 26.4. The Kier molecular flexibility index (Phi) is 8.26. The van der Waals surface area contributed by atoms with Crippen molar-refractivity contribution < 1.29 is 19.1 Å². The van der Waals surface area contributed by atoms with Crippen LogP contribution in [0.2, 0.25) is 0 Å². The maximum atomic E-state index is 13.7. The van der Waals surface area contributed by atoms with Gasteiger partial charge in [-0.1, -0.05) is 32.9 Å². The Morgan fingerprint density at radius 1 is 0.978 bits per heavy atom. The molecular weight excluding hydrogens is 584 g/mol. The minimum Gasteiger partial charge on any atom is -0.378 e. The van der Waals surface area contributed by atoms with Gasteiger partial charge in [0.2, 0.25) is 0 Å². The van der Waals surface area contributed by atoms with Gasteiger partial charge < -0.3 is 24.4 Å². The summed E-state index contributed by atoms with van der Waals surface area (Å²) >= 11 is 0. The van der Waals surface area contributed by atoms with Crippen molar-refractivity contribution in [2.24, 2.45) is 7.05 Å². The quantitative estimate of drug-likeness (QED) is 0.315. The maximum Gasteiger partial charge on any atom is 0.274 e. The number of nitrogens with zero attached hydrogens (tertiary/aromatic N) is 5. The number of nitrogens with one attached hydrogen (secondary N) is 1. The molecule has 1 aromatic carbocycles. The first-order valence-corrected chi connectivity index (χ1v) is 15.3. The molecular formula is C35H36N6O5. The molecule has 0 bridgehead atoms. The minimum atomic E-state index is -0.298. The van der Waals surface area contributed by atoms with Gasteiger partial charge in [0, 0.05) is 67.5 Å². The Labute approximate surface area is 266 Å². The topological polar surface area (TPSA) is 127 Å². The predicted molar refractivity (Wildman–Crippen MR) is 175 cm³/mol. The molecule has 0 aliphatic carbocycles. The summed E-state index contributed by atoms with van der Waals surface area (Å²) in [4.78, 5) is 64.5. The summed E-state index contributed by atoms with van der Waals surface area (Å²) in [5.74, 6) is 0.0555. The molecule has 2 aliphatic heterocycles. The molecule has 4 aromatic rings. The van der Waals surface area contributed by atoms with Gasteiger partial charge in [-0.15, -0.1) is 0 Å². The van der Waals surface area contributed by atoms with Crippen LogP contribution in [0.1, 0.15) is 63.1 Å². The number of aromatic nitrogens is 3. The van der Waals surface area contributed by atoms with Crippen LogP contribution in [0, 0.1) is 0 Å². The van der Waals surface area contributed by atoms with Crippen LogP contribution in [0.4, 0.5) is 17.2 Å². The lowest BCUT2D eigenvalue weighted by Crippen LogP contribution is -2.40. The largest absolute Gasteiger partial charge is 0.378 e. The van der Waals surface area contributed by atoms with Crippen molar-refractivity contribution >= 4 is 35.3 Å². The summed E-state index contributed by atoms with van der Waals surface area (Å²) in [7, 11) is 1.63. The lowest BCUT2D eigenvalue weighted by atomic mass is 9.88. The minimum absolute atomic E-state index is 0.122. The molecule has 2 amide bonds. The fourth-order valence-corrected chi connectivity index (χ4v) is 5.81. The van der Waals surface area contributed by atoms with Gasteiger partial charge in [0.1, 0.15) is 11.5 Å². The number of fused-ring (bicyclic) bond motifs is 1. The van der Waals surface area contributed by atoms with Crippen molar-refractivity contribution in [2.75, 3.05) is 43.1 Å². The van der Waals surface area contributed by atoms with Gasteiger partial charge in [0.25, 0.3) is 17.4 Å². The number of carbonyl (C=O) groups is 3. The number of benzene rings is 1. The SMILES string of the molecule is Cn1cc(-c2cccc(N3CCc4cc(C(C)(C)C)ncc4C3=O)c2C=O)cc(Nc2ccc(C(=O)N3CCOCC3)cn2)c1=O. The highest BCUT2D eigenvalue weighted by Gasteiger charge is 2.30. The lowest BCUT2D eigenvalue weighted by Gasteiger charge is -2.31. The number of anilines is 3. The van der Waals surface area contributed by atoms with Crippen molar-refractivity contribution in [1.82, 2.24) is 19.4 Å². The highest BCUT2D eigenvalue weighted by Crippen LogP contribution is 2.34. The first-order valence-electron chi connectivity index (χ1n) is 15.3. The van der Waals surface area contributed by atoms with Crippen LogP contribution < -0.4 is 15.8 Å². The van der Waals surface area contributed by atoms with E-state index in [1.165, 1.54) is 10.8 Å². The van der Waals surface area contributed by atoms with Crippen LogP contribution in [-0.4, -0.2) is 70.4 Å². The van der Waals surface area contributed by atoms with Gasteiger partial charge in [-0.2, -0.15) is 0 Å². The average molecular weight is 621 g/mol. The van der Waals surface area contributed by atoms with E-state index in [-0.39, 0.29) is 28.5 Å². The van der Waals surface area contributed by atoms with Gasteiger partial charge in [0.05, 0.1) is 30.0 Å². The molecule has 6 rings (SSSR count). The number of rotatable bonds is 6.